The summed E-state index contributed by atoms with van der Waals surface area (Å²) in [5.74, 6) is -0.943. The molecule has 0 fully saturated rings. The second-order valence-electron chi connectivity index (χ2n) is 5.55. The number of carbonyl (C=O) groups is 1. The number of ether oxygens (including phenoxy) is 1. The SMILES string of the molecule is CCOC(=O)c1ccc(C(F)(F)F)n(CCC(C)(C)N)c1=O. The molecule has 22 heavy (non-hydrogen) atoms. The highest BCUT2D eigenvalue weighted by Gasteiger charge is 2.35. The summed E-state index contributed by atoms with van der Waals surface area (Å²) in [5, 5.41) is 0. The van der Waals surface area contributed by atoms with Crippen LogP contribution in [0, 0.1) is 0 Å². The largest absolute Gasteiger partial charge is 0.462 e. The van der Waals surface area contributed by atoms with Gasteiger partial charge in [0.25, 0.3) is 5.56 Å². The number of carbonyl (C=O) groups excluding carboxylic acids is 1. The van der Waals surface area contributed by atoms with Gasteiger partial charge in [-0.3, -0.25) is 4.79 Å². The molecule has 124 valence electrons. The van der Waals surface area contributed by atoms with Crippen molar-refractivity contribution in [2.24, 2.45) is 5.73 Å². The minimum absolute atomic E-state index is 0.0229. The Balaban J connectivity index is 3.36. The fourth-order valence-electron chi connectivity index (χ4n) is 1.81. The van der Waals surface area contributed by atoms with Gasteiger partial charge in [-0.1, -0.05) is 0 Å². The minimum Gasteiger partial charge on any atom is -0.462 e. The summed E-state index contributed by atoms with van der Waals surface area (Å²) in [6.45, 7) is 4.60. The average molecular weight is 320 g/mol. The first-order chi connectivity index (χ1) is 9.97. The summed E-state index contributed by atoms with van der Waals surface area (Å²) < 4.78 is 44.3. The van der Waals surface area contributed by atoms with Gasteiger partial charge in [0, 0.05) is 12.1 Å². The molecule has 0 aliphatic carbocycles. The van der Waals surface area contributed by atoms with Crippen LogP contribution in [0.3, 0.4) is 0 Å². The molecule has 0 radical (unpaired) electrons. The molecule has 0 aromatic carbocycles. The molecule has 1 aromatic heterocycles. The van der Waals surface area contributed by atoms with Crippen molar-refractivity contribution in [1.29, 1.82) is 0 Å². The summed E-state index contributed by atoms with van der Waals surface area (Å²) >= 11 is 0. The van der Waals surface area contributed by atoms with Crippen LogP contribution in [-0.4, -0.2) is 22.7 Å². The monoisotopic (exact) mass is 320 g/mol. The molecular formula is C14H19F3N2O3. The van der Waals surface area contributed by atoms with E-state index in [0.29, 0.717) is 10.6 Å². The first-order valence-corrected chi connectivity index (χ1v) is 6.74. The standard InChI is InChI=1S/C14H19F3N2O3/c1-4-22-12(21)9-5-6-10(14(15,16)17)19(11(9)20)8-7-13(2,3)18/h5-6H,4,7-8,18H2,1-3H3. The highest BCUT2D eigenvalue weighted by molar-refractivity contribution is 5.88. The molecule has 0 amide bonds. The maximum atomic E-state index is 13.0. The third kappa shape index (κ3) is 4.59. The van der Waals surface area contributed by atoms with E-state index in [4.69, 9.17) is 5.73 Å². The third-order valence-electron chi connectivity index (χ3n) is 2.94. The van der Waals surface area contributed by atoms with Crippen LogP contribution in [0.5, 0.6) is 0 Å². The van der Waals surface area contributed by atoms with Crippen LogP contribution in [0.2, 0.25) is 0 Å². The van der Waals surface area contributed by atoms with Crippen LogP contribution in [0.4, 0.5) is 13.2 Å². The second-order valence-corrected chi connectivity index (χ2v) is 5.55. The molecular weight excluding hydrogens is 301 g/mol. The Labute approximate surface area is 125 Å². The lowest BCUT2D eigenvalue weighted by Gasteiger charge is -2.21. The number of aromatic nitrogens is 1. The van der Waals surface area contributed by atoms with Gasteiger partial charge in [0.2, 0.25) is 0 Å². The summed E-state index contributed by atoms with van der Waals surface area (Å²) in [5.41, 5.74) is 2.43. The van der Waals surface area contributed by atoms with Gasteiger partial charge < -0.3 is 15.0 Å². The van der Waals surface area contributed by atoms with E-state index in [-0.39, 0.29) is 19.6 Å². The Morgan fingerprint density at radius 2 is 1.91 bits per heavy atom. The zero-order chi connectivity index (χ0) is 17.1. The number of halogens is 3. The van der Waals surface area contributed by atoms with Crippen LogP contribution in [0.1, 0.15) is 43.2 Å². The maximum Gasteiger partial charge on any atom is 0.431 e. The molecule has 1 aromatic rings. The van der Waals surface area contributed by atoms with Crippen molar-refractivity contribution in [3.05, 3.63) is 33.7 Å². The second kappa shape index (κ2) is 6.51. The molecule has 2 N–H and O–H groups in total. The Kier molecular flexibility index (Phi) is 5.39. The quantitative estimate of drug-likeness (QED) is 0.844. The van der Waals surface area contributed by atoms with E-state index >= 15 is 0 Å². The summed E-state index contributed by atoms with van der Waals surface area (Å²) in [6.07, 6.45) is -4.56. The molecule has 0 saturated heterocycles. The van der Waals surface area contributed by atoms with Crippen molar-refractivity contribution in [3.8, 4) is 0 Å². The highest BCUT2D eigenvalue weighted by Crippen LogP contribution is 2.29. The maximum absolute atomic E-state index is 13.0. The van der Waals surface area contributed by atoms with E-state index < -0.39 is 34.5 Å². The van der Waals surface area contributed by atoms with Gasteiger partial charge in [-0.25, -0.2) is 4.79 Å². The van der Waals surface area contributed by atoms with Crippen molar-refractivity contribution < 1.29 is 22.7 Å². The van der Waals surface area contributed by atoms with Crippen molar-refractivity contribution in [1.82, 2.24) is 4.57 Å². The summed E-state index contributed by atoms with van der Waals surface area (Å²) in [4.78, 5) is 23.8. The number of esters is 1. The number of hydrogen-bond acceptors (Lipinski definition) is 4. The number of pyridine rings is 1. The minimum atomic E-state index is -4.70. The topological polar surface area (TPSA) is 74.3 Å². The predicted molar refractivity (Wildman–Crippen MR) is 74.5 cm³/mol. The number of nitrogens with two attached hydrogens (primary N) is 1. The highest BCUT2D eigenvalue weighted by atomic mass is 19.4. The van der Waals surface area contributed by atoms with Crippen LogP contribution in [0.25, 0.3) is 0 Å². The molecule has 5 nitrogen and oxygen atoms in total. The van der Waals surface area contributed by atoms with E-state index in [9.17, 15) is 22.8 Å². The number of rotatable bonds is 5. The van der Waals surface area contributed by atoms with Crippen LogP contribution in [-0.2, 0) is 17.5 Å². The molecule has 0 saturated carbocycles. The van der Waals surface area contributed by atoms with Gasteiger partial charge in [-0.05, 0) is 39.3 Å². The summed E-state index contributed by atoms with van der Waals surface area (Å²) in [7, 11) is 0. The fourth-order valence-corrected chi connectivity index (χ4v) is 1.81. The first kappa shape index (κ1) is 18.2. The average Bonchev–Trinajstić information content (AvgIpc) is 2.34. The van der Waals surface area contributed by atoms with Gasteiger partial charge in [-0.15, -0.1) is 0 Å². The number of nitrogens with zero attached hydrogens (tertiary/aromatic N) is 1. The number of alkyl halides is 3. The molecule has 0 aliphatic heterocycles. The third-order valence-corrected chi connectivity index (χ3v) is 2.94. The Bertz CT molecular complexity index is 601. The van der Waals surface area contributed by atoms with Gasteiger partial charge in [-0.2, -0.15) is 13.2 Å². The van der Waals surface area contributed by atoms with Gasteiger partial charge in [0.15, 0.2) is 0 Å². The summed E-state index contributed by atoms with van der Waals surface area (Å²) in [6, 6.07) is 1.55. The van der Waals surface area contributed by atoms with Crippen LogP contribution >= 0.6 is 0 Å². The van der Waals surface area contributed by atoms with E-state index in [1.807, 2.05) is 0 Å². The molecule has 0 bridgehead atoms. The molecule has 0 atom stereocenters. The van der Waals surface area contributed by atoms with Crippen molar-refractivity contribution in [3.63, 3.8) is 0 Å². The van der Waals surface area contributed by atoms with Gasteiger partial charge >= 0.3 is 12.1 Å². The van der Waals surface area contributed by atoms with E-state index in [2.05, 4.69) is 4.74 Å². The van der Waals surface area contributed by atoms with Crippen molar-refractivity contribution in [2.75, 3.05) is 6.61 Å². The Morgan fingerprint density at radius 3 is 2.36 bits per heavy atom. The molecule has 0 unspecified atom stereocenters. The first-order valence-electron chi connectivity index (χ1n) is 6.74. The molecule has 8 heteroatoms. The van der Waals surface area contributed by atoms with E-state index in [0.717, 1.165) is 6.07 Å². The van der Waals surface area contributed by atoms with E-state index in [1.165, 1.54) is 6.92 Å². The van der Waals surface area contributed by atoms with Gasteiger partial charge in [0.1, 0.15) is 11.3 Å². The zero-order valence-corrected chi connectivity index (χ0v) is 12.7. The van der Waals surface area contributed by atoms with Crippen LogP contribution < -0.4 is 11.3 Å². The zero-order valence-electron chi connectivity index (χ0n) is 12.7. The Morgan fingerprint density at radius 1 is 1.32 bits per heavy atom. The van der Waals surface area contributed by atoms with Crippen molar-refractivity contribution in [2.45, 2.75) is 45.5 Å². The molecule has 0 aliphatic rings. The lowest BCUT2D eigenvalue weighted by molar-refractivity contribution is -0.144. The number of hydrogen-bond donors (Lipinski definition) is 1. The normalized spacial score (nSPS) is 12.3. The molecule has 0 spiro atoms. The van der Waals surface area contributed by atoms with Crippen LogP contribution in [0.15, 0.2) is 16.9 Å². The Hall–Kier alpha value is -1.83. The smallest absolute Gasteiger partial charge is 0.431 e. The van der Waals surface area contributed by atoms with E-state index in [1.54, 1.807) is 13.8 Å². The fraction of sp³-hybridized carbons (Fsp3) is 0.571. The molecule has 1 rings (SSSR count). The van der Waals surface area contributed by atoms with Crippen molar-refractivity contribution >= 4 is 5.97 Å². The molecule has 1 heterocycles. The lowest BCUT2D eigenvalue weighted by atomic mass is 10.0. The predicted octanol–water partition coefficient (Wildman–Crippen LogP) is 2.17. The van der Waals surface area contributed by atoms with Gasteiger partial charge in [0.05, 0.1) is 6.61 Å². The lowest BCUT2D eigenvalue weighted by Crippen LogP contribution is -2.38.